The lowest BCUT2D eigenvalue weighted by atomic mass is 9.97. The quantitative estimate of drug-likeness (QED) is 0.504. The highest BCUT2D eigenvalue weighted by atomic mass is 32.1. The molecule has 5 heteroatoms. The summed E-state index contributed by atoms with van der Waals surface area (Å²) in [6.45, 7) is 1.52. The van der Waals surface area contributed by atoms with Crippen molar-refractivity contribution in [3.63, 3.8) is 0 Å². The van der Waals surface area contributed by atoms with Gasteiger partial charge >= 0.3 is 0 Å². The molecule has 1 aliphatic heterocycles. The van der Waals surface area contributed by atoms with Crippen molar-refractivity contribution in [2.45, 2.75) is 18.8 Å². The maximum absolute atomic E-state index is 13.2. The van der Waals surface area contributed by atoms with Gasteiger partial charge in [-0.25, -0.2) is 4.98 Å². The minimum absolute atomic E-state index is 0.0742. The third kappa shape index (κ3) is 2.98. The van der Waals surface area contributed by atoms with Gasteiger partial charge in [0.2, 0.25) is 0 Å². The van der Waals surface area contributed by atoms with Gasteiger partial charge in [0.05, 0.1) is 26.3 Å². The number of aromatic nitrogens is 2. The molecule has 4 aromatic rings. The summed E-state index contributed by atoms with van der Waals surface area (Å²) in [4.78, 5) is 24.5. The Balaban J connectivity index is 1.44. The van der Waals surface area contributed by atoms with Crippen LogP contribution >= 0.6 is 11.3 Å². The Bertz CT molecular complexity index is 1100. The fourth-order valence-corrected chi connectivity index (χ4v) is 4.97. The molecule has 0 aliphatic carbocycles. The minimum atomic E-state index is 0.0742. The number of pyridine rings is 1. The second-order valence-corrected chi connectivity index (χ2v) is 8.05. The summed E-state index contributed by atoms with van der Waals surface area (Å²) in [5, 5.41) is 2.15. The summed E-state index contributed by atoms with van der Waals surface area (Å²) < 4.78 is 1.22. The van der Waals surface area contributed by atoms with Crippen LogP contribution in [-0.2, 0) is 0 Å². The molecule has 1 aliphatic rings. The number of rotatable bonds is 2. The molecule has 0 bridgehead atoms. The maximum Gasteiger partial charge on any atom is 0.256 e. The zero-order chi connectivity index (χ0) is 18.2. The van der Waals surface area contributed by atoms with Crippen LogP contribution in [-0.4, -0.2) is 33.9 Å². The number of carbonyl (C=O) groups excluding carboxylic acids is 1. The lowest BCUT2D eigenvalue weighted by molar-refractivity contribution is 0.0709. The number of nitrogens with zero attached hydrogens (tertiary/aromatic N) is 3. The molecule has 0 N–H and O–H groups in total. The molecule has 0 spiro atoms. The van der Waals surface area contributed by atoms with Gasteiger partial charge in [-0.2, -0.15) is 0 Å². The molecule has 2 aromatic carbocycles. The predicted molar refractivity (Wildman–Crippen MR) is 109 cm³/mol. The number of thiazole rings is 1. The van der Waals surface area contributed by atoms with Crippen LogP contribution in [0.3, 0.4) is 0 Å². The Kier molecular flexibility index (Phi) is 4.09. The van der Waals surface area contributed by atoms with Gasteiger partial charge in [-0.15, -0.1) is 11.3 Å². The number of likely N-dealkylation sites (tertiary alicyclic amines) is 1. The molecule has 2 aromatic heterocycles. The lowest BCUT2D eigenvalue weighted by Crippen LogP contribution is -2.39. The number of hydrogen-bond acceptors (Lipinski definition) is 4. The minimum Gasteiger partial charge on any atom is -0.338 e. The van der Waals surface area contributed by atoms with Crippen LogP contribution in [0.15, 0.2) is 60.8 Å². The Morgan fingerprint density at radius 3 is 2.89 bits per heavy atom. The summed E-state index contributed by atoms with van der Waals surface area (Å²) >= 11 is 1.75. The molecule has 1 atom stereocenters. The van der Waals surface area contributed by atoms with E-state index in [4.69, 9.17) is 4.98 Å². The van der Waals surface area contributed by atoms with E-state index >= 15 is 0 Å². The van der Waals surface area contributed by atoms with E-state index in [2.05, 4.69) is 23.2 Å². The van der Waals surface area contributed by atoms with Gasteiger partial charge in [-0.05, 0) is 37.1 Å². The van der Waals surface area contributed by atoms with Crippen molar-refractivity contribution in [3.8, 4) is 0 Å². The van der Waals surface area contributed by atoms with Crippen LogP contribution in [0.25, 0.3) is 21.1 Å². The van der Waals surface area contributed by atoms with Gasteiger partial charge in [-0.1, -0.05) is 30.3 Å². The summed E-state index contributed by atoms with van der Waals surface area (Å²) in [5.41, 5.74) is 2.53. The summed E-state index contributed by atoms with van der Waals surface area (Å²) in [6, 6.07) is 18.0. The van der Waals surface area contributed by atoms with Gasteiger partial charge in [0.15, 0.2) is 0 Å². The van der Waals surface area contributed by atoms with Crippen LogP contribution in [0.1, 0.15) is 34.1 Å². The second-order valence-electron chi connectivity index (χ2n) is 6.99. The van der Waals surface area contributed by atoms with Gasteiger partial charge in [0.25, 0.3) is 5.91 Å². The number of piperidine rings is 1. The first-order chi connectivity index (χ1) is 13.3. The molecule has 1 saturated heterocycles. The van der Waals surface area contributed by atoms with Crippen molar-refractivity contribution in [3.05, 3.63) is 71.4 Å². The fourth-order valence-electron chi connectivity index (χ4n) is 3.87. The van der Waals surface area contributed by atoms with E-state index in [0.717, 1.165) is 47.4 Å². The van der Waals surface area contributed by atoms with Crippen LogP contribution < -0.4 is 0 Å². The molecule has 5 rings (SSSR count). The van der Waals surface area contributed by atoms with Crippen LogP contribution in [0, 0.1) is 0 Å². The summed E-state index contributed by atoms with van der Waals surface area (Å²) in [6.07, 6.45) is 3.83. The van der Waals surface area contributed by atoms with Crippen LogP contribution in [0.5, 0.6) is 0 Å². The third-order valence-electron chi connectivity index (χ3n) is 5.23. The topological polar surface area (TPSA) is 46.1 Å². The largest absolute Gasteiger partial charge is 0.338 e. The van der Waals surface area contributed by atoms with Crippen LogP contribution in [0.4, 0.5) is 0 Å². The molecule has 0 radical (unpaired) electrons. The van der Waals surface area contributed by atoms with Crippen molar-refractivity contribution in [1.29, 1.82) is 0 Å². The van der Waals surface area contributed by atoms with E-state index in [1.54, 1.807) is 17.5 Å². The SMILES string of the molecule is O=C(c1cccc2cccnc12)N1CCCC(c2nc3ccccc3s2)C1. The van der Waals surface area contributed by atoms with E-state index in [-0.39, 0.29) is 5.91 Å². The van der Waals surface area contributed by atoms with Gasteiger partial charge in [0, 0.05) is 30.6 Å². The average Bonchev–Trinajstić information content (AvgIpc) is 3.17. The van der Waals surface area contributed by atoms with Crippen molar-refractivity contribution in [2.24, 2.45) is 0 Å². The van der Waals surface area contributed by atoms with Crippen LogP contribution in [0.2, 0.25) is 0 Å². The molecular weight excluding hydrogens is 354 g/mol. The average molecular weight is 373 g/mol. The standard InChI is InChI=1S/C22H19N3OS/c26-22(17-9-3-6-15-7-4-12-23-20(15)17)25-13-5-8-16(14-25)21-24-18-10-1-2-11-19(18)27-21/h1-4,6-7,9-12,16H,5,8,13-14H2. The number of hydrogen-bond donors (Lipinski definition) is 0. The number of carbonyl (C=O) groups is 1. The molecule has 0 saturated carbocycles. The Labute approximate surface area is 161 Å². The van der Waals surface area contributed by atoms with Gasteiger partial charge in [-0.3, -0.25) is 9.78 Å². The number of benzene rings is 2. The first-order valence-corrected chi connectivity index (χ1v) is 10.1. The highest BCUT2D eigenvalue weighted by molar-refractivity contribution is 7.18. The molecule has 3 heterocycles. The van der Waals surface area contributed by atoms with Crippen molar-refractivity contribution < 1.29 is 4.79 Å². The zero-order valence-corrected chi connectivity index (χ0v) is 15.7. The molecule has 1 unspecified atom stereocenters. The monoisotopic (exact) mass is 373 g/mol. The van der Waals surface area contributed by atoms with E-state index in [0.29, 0.717) is 11.5 Å². The number of fused-ring (bicyclic) bond motifs is 2. The molecule has 27 heavy (non-hydrogen) atoms. The molecular formula is C22H19N3OS. The van der Waals surface area contributed by atoms with Crippen molar-refractivity contribution in [2.75, 3.05) is 13.1 Å². The Hall–Kier alpha value is -2.79. The lowest BCUT2D eigenvalue weighted by Gasteiger charge is -2.32. The first kappa shape index (κ1) is 16.4. The second kappa shape index (κ2) is 6.74. The first-order valence-electron chi connectivity index (χ1n) is 9.28. The molecule has 1 amide bonds. The van der Waals surface area contributed by atoms with Gasteiger partial charge < -0.3 is 4.90 Å². The zero-order valence-electron chi connectivity index (χ0n) is 14.8. The number of amides is 1. The summed E-state index contributed by atoms with van der Waals surface area (Å²) in [5.74, 6) is 0.383. The highest BCUT2D eigenvalue weighted by Gasteiger charge is 2.28. The van der Waals surface area contributed by atoms with E-state index in [9.17, 15) is 4.79 Å². The summed E-state index contributed by atoms with van der Waals surface area (Å²) in [7, 11) is 0. The Morgan fingerprint density at radius 1 is 1.07 bits per heavy atom. The predicted octanol–water partition coefficient (Wildman–Crippen LogP) is 4.86. The number of para-hydroxylation sites is 2. The molecule has 1 fully saturated rings. The van der Waals surface area contributed by atoms with E-state index in [1.165, 1.54) is 4.70 Å². The maximum atomic E-state index is 13.2. The fraction of sp³-hybridized carbons (Fsp3) is 0.227. The highest BCUT2D eigenvalue weighted by Crippen LogP contribution is 2.33. The molecule has 134 valence electrons. The van der Waals surface area contributed by atoms with E-state index < -0.39 is 0 Å². The molecule has 4 nitrogen and oxygen atoms in total. The smallest absolute Gasteiger partial charge is 0.256 e. The normalized spacial score (nSPS) is 17.5. The van der Waals surface area contributed by atoms with E-state index in [1.807, 2.05) is 41.3 Å². The van der Waals surface area contributed by atoms with Crippen molar-refractivity contribution in [1.82, 2.24) is 14.9 Å². The van der Waals surface area contributed by atoms with Crippen molar-refractivity contribution >= 4 is 38.4 Å². The third-order valence-corrected chi connectivity index (χ3v) is 6.43. The van der Waals surface area contributed by atoms with Gasteiger partial charge in [0.1, 0.15) is 0 Å². The Morgan fingerprint density at radius 2 is 1.96 bits per heavy atom.